The van der Waals surface area contributed by atoms with Crippen molar-refractivity contribution in [3.05, 3.63) is 12.2 Å². The van der Waals surface area contributed by atoms with Crippen molar-refractivity contribution < 1.29 is 0 Å². The van der Waals surface area contributed by atoms with Crippen LogP contribution in [0.25, 0.3) is 0 Å². The minimum atomic E-state index is 0.509. The van der Waals surface area contributed by atoms with Crippen LogP contribution in [0, 0.1) is 11.8 Å². The van der Waals surface area contributed by atoms with Gasteiger partial charge in [-0.1, -0.05) is 39.8 Å². The van der Waals surface area contributed by atoms with Crippen LogP contribution in [0.2, 0.25) is 0 Å². The van der Waals surface area contributed by atoms with Crippen molar-refractivity contribution >= 4 is 0 Å². The first kappa shape index (κ1) is 11.7. The highest BCUT2D eigenvalue weighted by molar-refractivity contribution is 4.92. The molecule has 1 N–H and O–H groups in total. The fourth-order valence-corrected chi connectivity index (χ4v) is 0.879. The van der Waals surface area contributed by atoms with Crippen molar-refractivity contribution in [1.29, 1.82) is 0 Å². The molecule has 72 valence electrons. The Kier molecular flexibility index (Phi) is 6.09. The molecule has 0 rings (SSSR count). The third-order valence-corrected chi connectivity index (χ3v) is 1.63. The highest BCUT2D eigenvalue weighted by atomic mass is 14.9. The van der Waals surface area contributed by atoms with Gasteiger partial charge < -0.3 is 5.32 Å². The van der Waals surface area contributed by atoms with Crippen LogP contribution in [0.5, 0.6) is 0 Å². The van der Waals surface area contributed by atoms with Gasteiger partial charge >= 0.3 is 0 Å². The smallest absolute Gasteiger partial charge is 0.0221 e. The van der Waals surface area contributed by atoms with Crippen LogP contribution < -0.4 is 5.32 Å². The Balaban J connectivity index is 3.52. The third kappa shape index (κ3) is 7.80. The first-order chi connectivity index (χ1) is 5.52. The van der Waals surface area contributed by atoms with E-state index in [2.05, 4.69) is 52.1 Å². The number of rotatable bonds is 5. The second kappa shape index (κ2) is 6.24. The predicted octanol–water partition coefficient (Wildman–Crippen LogP) is 2.83. The molecule has 0 aromatic heterocycles. The van der Waals surface area contributed by atoms with Gasteiger partial charge in [0.15, 0.2) is 0 Å². The van der Waals surface area contributed by atoms with E-state index < -0.39 is 0 Å². The highest BCUT2D eigenvalue weighted by Crippen LogP contribution is 1.96. The molecule has 0 bridgehead atoms. The zero-order valence-corrected chi connectivity index (χ0v) is 9.09. The van der Waals surface area contributed by atoms with E-state index in [0.717, 1.165) is 12.5 Å². The average Bonchev–Trinajstić information content (AvgIpc) is 1.96. The van der Waals surface area contributed by atoms with Crippen molar-refractivity contribution in [2.45, 2.75) is 40.7 Å². The Labute approximate surface area is 77.2 Å². The lowest BCUT2D eigenvalue weighted by Crippen LogP contribution is -2.27. The normalized spacial score (nSPS) is 14.9. The lowest BCUT2D eigenvalue weighted by Gasteiger charge is -2.11. The van der Waals surface area contributed by atoms with E-state index in [1.165, 1.54) is 0 Å². The molecule has 0 unspecified atom stereocenters. The molecule has 0 heterocycles. The van der Waals surface area contributed by atoms with E-state index in [-0.39, 0.29) is 0 Å². The van der Waals surface area contributed by atoms with Gasteiger partial charge in [0.1, 0.15) is 0 Å². The van der Waals surface area contributed by atoms with Crippen molar-refractivity contribution in [3.8, 4) is 0 Å². The summed E-state index contributed by atoms with van der Waals surface area (Å²) in [6.07, 6.45) is 4.49. The Morgan fingerprint density at radius 2 is 1.58 bits per heavy atom. The summed E-state index contributed by atoms with van der Waals surface area (Å²) in [5.74, 6) is 1.40. The zero-order valence-electron chi connectivity index (χ0n) is 9.09. The fourth-order valence-electron chi connectivity index (χ4n) is 0.879. The second-order valence-electron chi connectivity index (χ2n) is 4.22. The molecule has 0 amide bonds. The molecule has 0 aliphatic rings. The average molecular weight is 169 g/mol. The Hall–Kier alpha value is -0.300. The maximum Gasteiger partial charge on any atom is 0.0221 e. The quantitative estimate of drug-likeness (QED) is 0.624. The monoisotopic (exact) mass is 169 g/mol. The maximum atomic E-state index is 3.45. The summed E-state index contributed by atoms with van der Waals surface area (Å²) in [6.45, 7) is 12.2. The standard InChI is InChI=1S/C11H23N/c1-9(2)6-7-11(5)12-8-10(3)4/h6-7,9-12H,8H2,1-5H3/b7-6-/t11-/m1/s1. The summed E-state index contributed by atoms with van der Waals surface area (Å²) in [4.78, 5) is 0. The second-order valence-corrected chi connectivity index (χ2v) is 4.22. The first-order valence-corrected chi connectivity index (χ1v) is 4.94. The molecule has 1 atom stereocenters. The van der Waals surface area contributed by atoms with Crippen molar-refractivity contribution in [2.24, 2.45) is 11.8 Å². The van der Waals surface area contributed by atoms with Crippen LogP contribution in [0.1, 0.15) is 34.6 Å². The summed E-state index contributed by atoms with van der Waals surface area (Å²) < 4.78 is 0. The Morgan fingerprint density at radius 3 is 2.00 bits per heavy atom. The summed E-state index contributed by atoms with van der Waals surface area (Å²) in [7, 11) is 0. The number of nitrogens with one attached hydrogen (secondary N) is 1. The molecule has 0 aliphatic carbocycles. The van der Waals surface area contributed by atoms with Crippen LogP contribution in [0.4, 0.5) is 0 Å². The van der Waals surface area contributed by atoms with E-state index in [1.54, 1.807) is 0 Å². The predicted molar refractivity (Wildman–Crippen MR) is 56.3 cm³/mol. The van der Waals surface area contributed by atoms with Gasteiger partial charge in [-0.2, -0.15) is 0 Å². The topological polar surface area (TPSA) is 12.0 Å². The molecule has 12 heavy (non-hydrogen) atoms. The summed E-state index contributed by atoms with van der Waals surface area (Å²) >= 11 is 0. The van der Waals surface area contributed by atoms with Crippen LogP contribution in [-0.4, -0.2) is 12.6 Å². The summed E-state index contributed by atoms with van der Waals surface area (Å²) in [5.41, 5.74) is 0. The molecule has 1 heteroatoms. The van der Waals surface area contributed by atoms with Gasteiger partial charge in [0.25, 0.3) is 0 Å². The third-order valence-electron chi connectivity index (χ3n) is 1.63. The molecule has 0 radical (unpaired) electrons. The molecule has 0 aromatic rings. The molecule has 0 saturated carbocycles. The van der Waals surface area contributed by atoms with Crippen molar-refractivity contribution in [3.63, 3.8) is 0 Å². The number of hydrogen-bond donors (Lipinski definition) is 1. The fraction of sp³-hybridized carbons (Fsp3) is 0.818. The van der Waals surface area contributed by atoms with E-state index in [9.17, 15) is 0 Å². The summed E-state index contributed by atoms with van der Waals surface area (Å²) in [5, 5.41) is 3.45. The van der Waals surface area contributed by atoms with E-state index in [4.69, 9.17) is 0 Å². The van der Waals surface area contributed by atoms with Gasteiger partial charge in [-0.15, -0.1) is 0 Å². The van der Waals surface area contributed by atoms with Crippen molar-refractivity contribution in [2.75, 3.05) is 6.54 Å². The largest absolute Gasteiger partial charge is 0.311 e. The highest BCUT2D eigenvalue weighted by Gasteiger charge is 1.97. The molecule has 0 fully saturated rings. The molecule has 0 saturated heterocycles. The lowest BCUT2D eigenvalue weighted by atomic mass is 10.1. The van der Waals surface area contributed by atoms with Crippen LogP contribution >= 0.6 is 0 Å². The molecule has 0 spiro atoms. The molecule has 1 nitrogen and oxygen atoms in total. The Morgan fingerprint density at radius 1 is 1.00 bits per heavy atom. The van der Waals surface area contributed by atoms with Crippen LogP contribution in [0.15, 0.2) is 12.2 Å². The minimum Gasteiger partial charge on any atom is -0.311 e. The van der Waals surface area contributed by atoms with Gasteiger partial charge in [-0.05, 0) is 25.3 Å². The lowest BCUT2D eigenvalue weighted by molar-refractivity contribution is 0.526. The molecule has 0 aliphatic heterocycles. The zero-order chi connectivity index (χ0) is 9.56. The van der Waals surface area contributed by atoms with Gasteiger partial charge in [-0.25, -0.2) is 0 Å². The van der Waals surface area contributed by atoms with E-state index in [0.29, 0.717) is 12.0 Å². The van der Waals surface area contributed by atoms with E-state index >= 15 is 0 Å². The van der Waals surface area contributed by atoms with Crippen LogP contribution in [0.3, 0.4) is 0 Å². The number of allylic oxidation sites excluding steroid dienone is 1. The number of hydrogen-bond acceptors (Lipinski definition) is 1. The van der Waals surface area contributed by atoms with E-state index in [1.807, 2.05) is 0 Å². The van der Waals surface area contributed by atoms with Crippen molar-refractivity contribution in [1.82, 2.24) is 5.32 Å². The SMILES string of the molecule is CC(C)/C=C\[C@@H](C)NCC(C)C. The first-order valence-electron chi connectivity index (χ1n) is 4.94. The molecular weight excluding hydrogens is 146 g/mol. The minimum absolute atomic E-state index is 0.509. The van der Waals surface area contributed by atoms with Gasteiger partial charge in [0, 0.05) is 6.04 Å². The van der Waals surface area contributed by atoms with Crippen LogP contribution in [-0.2, 0) is 0 Å². The molecule has 0 aromatic carbocycles. The van der Waals surface area contributed by atoms with Gasteiger partial charge in [-0.3, -0.25) is 0 Å². The van der Waals surface area contributed by atoms with Gasteiger partial charge in [0.05, 0.1) is 0 Å². The maximum absolute atomic E-state index is 3.45. The molecular formula is C11H23N. The summed E-state index contributed by atoms with van der Waals surface area (Å²) in [6, 6.07) is 0.509. The van der Waals surface area contributed by atoms with Gasteiger partial charge in [0.2, 0.25) is 0 Å². The Bertz CT molecular complexity index is 125.